The highest BCUT2D eigenvalue weighted by molar-refractivity contribution is 6.30. The zero-order valence-corrected chi connectivity index (χ0v) is 20.1. The second-order valence-electron chi connectivity index (χ2n) is 9.27. The molecule has 0 unspecified atom stereocenters. The van der Waals surface area contributed by atoms with E-state index in [0.717, 1.165) is 24.5 Å². The molecule has 7 nitrogen and oxygen atoms in total. The fourth-order valence-corrected chi connectivity index (χ4v) is 4.74. The van der Waals surface area contributed by atoms with Crippen LogP contribution in [-0.2, 0) is 4.74 Å². The quantitative estimate of drug-likeness (QED) is 0.613. The van der Waals surface area contributed by atoms with Crippen LogP contribution < -0.4 is 14.4 Å². The summed E-state index contributed by atoms with van der Waals surface area (Å²) in [6, 6.07) is 12.0. The molecule has 0 saturated carbocycles. The lowest BCUT2D eigenvalue weighted by atomic mass is 9.90. The molecule has 2 saturated heterocycles. The third-order valence-electron chi connectivity index (χ3n) is 6.47. The van der Waals surface area contributed by atoms with Crippen molar-refractivity contribution in [3.63, 3.8) is 0 Å². The highest BCUT2D eigenvalue weighted by atomic mass is 35.5. The van der Waals surface area contributed by atoms with E-state index in [1.807, 2.05) is 29.2 Å². The molecular weight excluding hydrogens is 463 g/mol. The molecule has 9 heteroatoms. The number of halogens is 2. The summed E-state index contributed by atoms with van der Waals surface area (Å²) in [5.41, 5.74) is -1.04. The molecule has 0 amide bonds. The van der Waals surface area contributed by atoms with Crippen molar-refractivity contribution in [1.29, 1.82) is 0 Å². The number of β-amino-alcohol motifs (C(OH)–C–C–N with tert-alkyl or cyclic N) is 2. The maximum atomic E-state index is 13.4. The Bertz CT molecular complexity index is 972. The van der Waals surface area contributed by atoms with Gasteiger partial charge in [0.05, 0.1) is 30.9 Å². The molecule has 34 heavy (non-hydrogen) atoms. The van der Waals surface area contributed by atoms with Crippen LogP contribution in [0.25, 0.3) is 0 Å². The zero-order chi connectivity index (χ0) is 24.2. The Kier molecular flexibility index (Phi) is 7.84. The first-order valence-electron chi connectivity index (χ1n) is 11.5. The standard InChI is InChI=1S/C25H32ClFN2O5/c1-32-20-4-2-3-19(13-20)29-9-7-24(30,8-10-29)15-28-11-12-33-17-25(31,16-28)18-34-21-5-6-23(27)22(26)14-21/h2-6,13-14,30-31H,7-12,15-18H2,1H3/t25-/m1/s1. The van der Waals surface area contributed by atoms with Gasteiger partial charge in [-0.05, 0) is 37.1 Å². The van der Waals surface area contributed by atoms with Crippen molar-refractivity contribution >= 4 is 17.3 Å². The number of rotatable bonds is 7. The summed E-state index contributed by atoms with van der Waals surface area (Å²) in [5, 5.41) is 22.4. The van der Waals surface area contributed by atoms with Crippen LogP contribution in [0, 0.1) is 5.82 Å². The number of ether oxygens (including phenoxy) is 3. The van der Waals surface area contributed by atoms with Crippen LogP contribution in [0.15, 0.2) is 42.5 Å². The Balaban J connectivity index is 1.33. The van der Waals surface area contributed by atoms with Crippen LogP contribution in [0.1, 0.15) is 12.8 Å². The van der Waals surface area contributed by atoms with Gasteiger partial charge >= 0.3 is 0 Å². The fraction of sp³-hybridized carbons (Fsp3) is 0.520. The van der Waals surface area contributed by atoms with Crippen molar-refractivity contribution in [3.8, 4) is 11.5 Å². The van der Waals surface area contributed by atoms with Gasteiger partial charge in [-0.25, -0.2) is 4.39 Å². The first-order chi connectivity index (χ1) is 16.3. The normalized spacial score (nSPS) is 23.4. The molecule has 2 aliphatic heterocycles. The molecule has 2 N–H and O–H groups in total. The first kappa shape index (κ1) is 25.0. The lowest BCUT2D eigenvalue weighted by Crippen LogP contribution is -2.55. The minimum Gasteiger partial charge on any atom is -0.497 e. The average Bonchev–Trinajstić information content (AvgIpc) is 3.01. The number of hydrogen-bond donors (Lipinski definition) is 2. The predicted molar refractivity (Wildman–Crippen MR) is 129 cm³/mol. The van der Waals surface area contributed by atoms with Gasteiger partial charge < -0.3 is 29.3 Å². The van der Waals surface area contributed by atoms with E-state index in [1.165, 1.54) is 18.2 Å². The highest BCUT2D eigenvalue weighted by Crippen LogP contribution is 2.30. The van der Waals surface area contributed by atoms with Gasteiger partial charge in [0.25, 0.3) is 0 Å². The van der Waals surface area contributed by atoms with E-state index in [4.69, 9.17) is 25.8 Å². The third kappa shape index (κ3) is 6.31. The van der Waals surface area contributed by atoms with Crippen LogP contribution in [0.2, 0.25) is 5.02 Å². The third-order valence-corrected chi connectivity index (χ3v) is 6.76. The molecule has 0 bridgehead atoms. The molecule has 2 aromatic rings. The van der Waals surface area contributed by atoms with E-state index in [0.29, 0.717) is 44.8 Å². The topological polar surface area (TPSA) is 74.6 Å². The Morgan fingerprint density at radius 3 is 2.59 bits per heavy atom. The summed E-state index contributed by atoms with van der Waals surface area (Å²) >= 11 is 5.82. The van der Waals surface area contributed by atoms with Crippen LogP contribution >= 0.6 is 11.6 Å². The molecule has 0 aromatic heterocycles. The number of hydrogen-bond acceptors (Lipinski definition) is 7. The van der Waals surface area contributed by atoms with Gasteiger partial charge in [0, 0.05) is 50.5 Å². The van der Waals surface area contributed by atoms with E-state index in [2.05, 4.69) is 4.90 Å². The van der Waals surface area contributed by atoms with Crippen molar-refractivity contribution in [2.24, 2.45) is 0 Å². The summed E-state index contributed by atoms with van der Waals surface area (Å²) in [6.45, 7) is 3.33. The molecule has 0 aliphatic carbocycles. The second-order valence-corrected chi connectivity index (χ2v) is 9.67. The molecule has 2 aromatic carbocycles. The van der Waals surface area contributed by atoms with Crippen molar-refractivity contribution < 1.29 is 28.8 Å². The Hall–Kier alpha value is -2.10. The molecule has 1 atom stereocenters. The number of nitrogens with zero attached hydrogens (tertiary/aromatic N) is 2. The summed E-state index contributed by atoms with van der Waals surface area (Å²) in [5.74, 6) is 0.661. The number of aliphatic hydroxyl groups is 2. The van der Waals surface area contributed by atoms with Crippen LogP contribution in [0.3, 0.4) is 0 Å². The number of anilines is 1. The highest BCUT2D eigenvalue weighted by Gasteiger charge is 2.39. The molecule has 2 aliphatic rings. The van der Waals surface area contributed by atoms with E-state index in [9.17, 15) is 14.6 Å². The van der Waals surface area contributed by atoms with Crippen molar-refractivity contribution in [1.82, 2.24) is 4.90 Å². The maximum absolute atomic E-state index is 13.4. The van der Waals surface area contributed by atoms with Crippen molar-refractivity contribution in [2.45, 2.75) is 24.0 Å². The van der Waals surface area contributed by atoms with Gasteiger partial charge in [-0.1, -0.05) is 17.7 Å². The van der Waals surface area contributed by atoms with Crippen LogP contribution in [-0.4, -0.2) is 86.0 Å². The minimum absolute atomic E-state index is 0.0342. The molecule has 2 heterocycles. The SMILES string of the molecule is COc1cccc(N2CCC(O)(CN3CCOC[C@@](O)(COc4ccc(F)c(Cl)c4)C3)CC2)c1. The molecule has 4 rings (SSSR count). The smallest absolute Gasteiger partial charge is 0.142 e. The summed E-state index contributed by atoms with van der Waals surface area (Å²) in [6.07, 6.45) is 1.23. The van der Waals surface area contributed by atoms with E-state index >= 15 is 0 Å². The monoisotopic (exact) mass is 494 g/mol. The summed E-state index contributed by atoms with van der Waals surface area (Å²) in [4.78, 5) is 4.29. The Morgan fingerprint density at radius 1 is 1.06 bits per heavy atom. The van der Waals surface area contributed by atoms with Gasteiger partial charge in [0.15, 0.2) is 0 Å². The number of methoxy groups -OCH3 is 1. The zero-order valence-electron chi connectivity index (χ0n) is 19.4. The molecule has 2 fully saturated rings. The van der Waals surface area contributed by atoms with E-state index < -0.39 is 17.0 Å². The van der Waals surface area contributed by atoms with Gasteiger partial charge in [-0.15, -0.1) is 0 Å². The molecular formula is C25H32ClFN2O5. The number of piperidine rings is 1. The number of benzene rings is 2. The molecule has 186 valence electrons. The lowest BCUT2D eigenvalue weighted by molar-refractivity contribution is -0.0742. The van der Waals surface area contributed by atoms with E-state index in [1.54, 1.807) is 7.11 Å². The van der Waals surface area contributed by atoms with Gasteiger partial charge in [-0.2, -0.15) is 0 Å². The van der Waals surface area contributed by atoms with Crippen molar-refractivity contribution in [3.05, 3.63) is 53.3 Å². The van der Waals surface area contributed by atoms with Gasteiger partial charge in [0.2, 0.25) is 0 Å². The second kappa shape index (κ2) is 10.7. The average molecular weight is 495 g/mol. The predicted octanol–water partition coefficient (Wildman–Crippen LogP) is 2.96. The lowest BCUT2D eigenvalue weighted by Gasteiger charge is -2.42. The van der Waals surface area contributed by atoms with Gasteiger partial charge in [0.1, 0.15) is 29.5 Å². The fourth-order valence-electron chi connectivity index (χ4n) is 4.57. The largest absolute Gasteiger partial charge is 0.497 e. The van der Waals surface area contributed by atoms with Gasteiger partial charge in [-0.3, -0.25) is 4.90 Å². The Labute approximate surface area is 204 Å². The molecule has 0 radical (unpaired) electrons. The first-order valence-corrected chi connectivity index (χ1v) is 11.9. The van der Waals surface area contributed by atoms with E-state index in [-0.39, 0.29) is 18.2 Å². The summed E-state index contributed by atoms with van der Waals surface area (Å²) < 4.78 is 30.0. The van der Waals surface area contributed by atoms with Crippen LogP contribution in [0.5, 0.6) is 11.5 Å². The summed E-state index contributed by atoms with van der Waals surface area (Å²) in [7, 11) is 1.65. The minimum atomic E-state index is -1.27. The van der Waals surface area contributed by atoms with Crippen molar-refractivity contribution in [2.75, 3.05) is 64.6 Å². The van der Waals surface area contributed by atoms with Crippen LogP contribution in [0.4, 0.5) is 10.1 Å². The Morgan fingerprint density at radius 2 is 1.85 bits per heavy atom. The maximum Gasteiger partial charge on any atom is 0.142 e. The molecule has 0 spiro atoms.